The van der Waals surface area contributed by atoms with E-state index in [1.165, 1.54) is 0 Å². The second-order valence-corrected chi connectivity index (χ2v) is 4.97. The van der Waals surface area contributed by atoms with Crippen LogP contribution in [0.15, 0.2) is 0 Å². The summed E-state index contributed by atoms with van der Waals surface area (Å²) < 4.78 is 0. The minimum absolute atomic E-state index is 0.0595. The van der Waals surface area contributed by atoms with E-state index in [1.54, 1.807) is 0 Å². The fourth-order valence-electron chi connectivity index (χ4n) is 1.43. The van der Waals surface area contributed by atoms with Crippen LogP contribution in [0.1, 0.15) is 41.0 Å². The van der Waals surface area contributed by atoms with Crippen molar-refractivity contribution in [3.63, 3.8) is 0 Å². The minimum Gasteiger partial charge on any atom is -0.298 e. The first-order valence-electron chi connectivity index (χ1n) is 5.01. The van der Waals surface area contributed by atoms with Gasteiger partial charge >= 0.3 is 0 Å². The van der Waals surface area contributed by atoms with Gasteiger partial charge in [0, 0.05) is 13.0 Å². The Hall–Kier alpha value is -0.370. The van der Waals surface area contributed by atoms with Gasteiger partial charge in [-0.05, 0) is 19.4 Å². The van der Waals surface area contributed by atoms with Gasteiger partial charge in [-0.1, -0.05) is 27.7 Å². The van der Waals surface area contributed by atoms with E-state index < -0.39 is 0 Å². The number of hydrogen-bond acceptors (Lipinski definition) is 2. The number of carbonyl (C=O) groups is 1. The van der Waals surface area contributed by atoms with Gasteiger partial charge in [0.15, 0.2) is 0 Å². The molecule has 2 heteroatoms. The Labute approximate surface area is 82.3 Å². The molecule has 13 heavy (non-hydrogen) atoms. The van der Waals surface area contributed by atoms with E-state index in [9.17, 15) is 4.79 Å². The first kappa shape index (κ1) is 12.6. The van der Waals surface area contributed by atoms with Gasteiger partial charge in [-0.15, -0.1) is 0 Å². The average Bonchev–Trinajstić information content (AvgIpc) is 1.98. The summed E-state index contributed by atoms with van der Waals surface area (Å²) in [4.78, 5) is 13.5. The van der Waals surface area contributed by atoms with Gasteiger partial charge in [-0.2, -0.15) is 0 Å². The van der Waals surface area contributed by atoms with Gasteiger partial charge in [0.25, 0.3) is 0 Å². The molecule has 0 aromatic heterocycles. The van der Waals surface area contributed by atoms with Gasteiger partial charge in [0.1, 0.15) is 5.78 Å². The Morgan fingerprint density at radius 2 is 1.85 bits per heavy atom. The molecular formula is C11H23NO. The molecule has 0 rings (SSSR count). The highest BCUT2D eigenvalue weighted by Crippen LogP contribution is 2.16. The second-order valence-electron chi connectivity index (χ2n) is 4.97. The molecule has 0 spiro atoms. The molecule has 0 saturated carbocycles. The summed E-state index contributed by atoms with van der Waals surface area (Å²) in [5.41, 5.74) is 0.261. The molecule has 0 radical (unpaired) electrons. The van der Waals surface area contributed by atoms with Gasteiger partial charge in [0.05, 0.1) is 6.04 Å². The van der Waals surface area contributed by atoms with Gasteiger partial charge in [0.2, 0.25) is 0 Å². The lowest BCUT2D eigenvalue weighted by Crippen LogP contribution is -2.40. The number of rotatable bonds is 4. The van der Waals surface area contributed by atoms with Crippen LogP contribution in [0, 0.1) is 5.41 Å². The fraction of sp³-hybridized carbons (Fsp3) is 0.909. The van der Waals surface area contributed by atoms with Crippen LogP contribution in [0.25, 0.3) is 0 Å². The second kappa shape index (κ2) is 4.75. The molecule has 0 aromatic rings. The molecule has 0 aromatic carbocycles. The predicted molar refractivity (Wildman–Crippen MR) is 56.8 cm³/mol. The van der Waals surface area contributed by atoms with Crippen molar-refractivity contribution in [1.29, 1.82) is 0 Å². The SMILES string of the molecule is CCC(=O)C(C)N(C)CC(C)(C)C. The van der Waals surface area contributed by atoms with Gasteiger partial charge in [-0.25, -0.2) is 0 Å². The Bertz CT molecular complexity index is 169. The maximum atomic E-state index is 11.4. The van der Waals surface area contributed by atoms with Crippen LogP contribution in [-0.2, 0) is 4.79 Å². The highest BCUT2D eigenvalue weighted by Gasteiger charge is 2.20. The number of ketones is 1. The Kier molecular flexibility index (Phi) is 4.62. The van der Waals surface area contributed by atoms with Crippen molar-refractivity contribution in [1.82, 2.24) is 4.90 Å². The first-order valence-corrected chi connectivity index (χ1v) is 5.01. The number of carbonyl (C=O) groups excluding carboxylic acids is 1. The lowest BCUT2D eigenvalue weighted by molar-refractivity contribution is -0.123. The molecule has 0 aliphatic heterocycles. The van der Waals surface area contributed by atoms with Crippen LogP contribution >= 0.6 is 0 Å². The minimum atomic E-state index is 0.0595. The molecule has 78 valence electrons. The van der Waals surface area contributed by atoms with E-state index in [0.717, 1.165) is 6.54 Å². The molecule has 0 saturated heterocycles. The summed E-state index contributed by atoms with van der Waals surface area (Å²) in [7, 11) is 2.02. The van der Waals surface area contributed by atoms with Crippen LogP contribution in [0.2, 0.25) is 0 Å². The zero-order valence-corrected chi connectivity index (χ0v) is 9.85. The zero-order chi connectivity index (χ0) is 10.6. The van der Waals surface area contributed by atoms with Crippen molar-refractivity contribution in [2.75, 3.05) is 13.6 Å². The molecule has 0 amide bonds. The summed E-state index contributed by atoms with van der Waals surface area (Å²) in [6.45, 7) is 11.4. The van der Waals surface area contributed by atoms with Crippen molar-refractivity contribution in [3.8, 4) is 0 Å². The van der Waals surface area contributed by atoms with E-state index in [0.29, 0.717) is 12.2 Å². The van der Waals surface area contributed by atoms with E-state index in [1.807, 2.05) is 20.9 Å². The summed E-state index contributed by atoms with van der Waals surface area (Å²) in [5, 5.41) is 0. The normalized spacial score (nSPS) is 14.7. The molecule has 0 bridgehead atoms. The third-order valence-corrected chi connectivity index (χ3v) is 2.20. The average molecular weight is 185 g/mol. The van der Waals surface area contributed by atoms with E-state index >= 15 is 0 Å². The van der Waals surface area contributed by atoms with Crippen molar-refractivity contribution in [2.45, 2.75) is 47.1 Å². The summed E-state index contributed by atoms with van der Waals surface area (Å²) in [5.74, 6) is 0.326. The van der Waals surface area contributed by atoms with E-state index in [-0.39, 0.29) is 11.5 Å². The van der Waals surface area contributed by atoms with Crippen molar-refractivity contribution in [2.24, 2.45) is 5.41 Å². The van der Waals surface area contributed by atoms with Gasteiger partial charge in [-0.3, -0.25) is 9.69 Å². The van der Waals surface area contributed by atoms with Gasteiger partial charge < -0.3 is 0 Å². The Morgan fingerprint density at radius 3 is 2.15 bits per heavy atom. The van der Waals surface area contributed by atoms with Crippen molar-refractivity contribution < 1.29 is 4.79 Å². The lowest BCUT2D eigenvalue weighted by Gasteiger charge is -2.30. The molecule has 2 nitrogen and oxygen atoms in total. The Morgan fingerprint density at radius 1 is 1.38 bits per heavy atom. The highest BCUT2D eigenvalue weighted by molar-refractivity contribution is 5.83. The van der Waals surface area contributed by atoms with Crippen molar-refractivity contribution >= 4 is 5.78 Å². The third kappa shape index (κ3) is 5.04. The monoisotopic (exact) mass is 185 g/mol. The highest BCUT2D eigenvalue weighted by atomic mass is 16.1. The topological polar surface area (TPSA) is 20.3 Å². The van der Waals surface area contributed by atoms with Crippen LogP contribution in [0.5, 0.6) is 0 Å². The molecule has 0 fully saturated rings. The Balaban J connectivity index is 4.11. The number of hydrogen-bond donors (Lipinski definition) is 0. The quantitative estimate of drug-likeness (QED) is 0.670. The fourth-order valence-corrected chi connectivity index (χ4v) is 1.43. The first-order chi connectivity index (χ1) is 5.78. The molecule has 0 aliphatic rings. The van der Waals surface area contributed by atoms with Crippen LogP contribution < -0.4 is 0 Å². The molecular weight excluding hydrogens is 162 g/mol. The van der Waals surface area contributed by atoms with Crippen LogP contribution in [0.4, 0.5) is 0 Å². The molecule has 1 unspecified atom stereocenters. The molecule has 0 aliphatic carbocycles. The summed E-state index contributed by atoms with van der Waals surface area (Å²) in [6, 6.07) is 0.0595. The predicted octanol–water partition coefficient (Wildman–Crippen LogP) is 2.33. The summed E-state index contributed by atoms with van der Waals surface area (Å²) >= 11 is 0. The smallest absolute Gasteiger partial charge is 0.149 e. The standard InChI is InChI=1S/C11H23NO/c1-7-10(13)9(2)12(6)8-11(3,4)5/h9H,7-8H2,1-6H3. The largest absolute Gasteiger partial charge is 0.298 e. The third-order valence-electron chi connectivity index (χ3n) is 2.20. The molecule has 0 N–H and O–H groups in total. The number of likely N-dealkylation sites (N-methyl/N-ethyl adjacent to an activating group) is 1. The van der Waals surface area contributed by atoms with E-state index in [2.05, 4.69) is 25.7 Å². The maximum Gasteiger partial charge on any atom is 0.149 e. The van der Waals surface area contributed by atoms with Crippen molar-refractivity contribution in [3.05, 3.63) is 0 Å². The maximum absolute atomic E-state index is 11.4. The number of nitrogens with zero attached hydrogens (tertiary/aromatic N) is 1. The van der Waals surface area contributed by atoms with Crippen LogP contribution in [-0.4, -0.2) is 30.3 Å². The zero-order valence-electron chi connectivity index (χ0n) is 9.85. The molecule has 0 heterocycles. The van der Waals surface area contributed by atoms with E-state index in [4.69, 9.17) is 0 Å². The lowest BCUT2D eigenvalue weighted by atomic mass is 9.95. The van der Waals surface area contributed by atoms with Crippen LogP contribution in [0.3, 0.4) is 0 Å². The summed E-state index contributed by atoms with van der Waals surface area (Å²) in [6.07, 6.45) is 0.635. The number of Topliss-reactive ketones (excluding diaryl/α,β-unsaturated/α-hetero) is 1. The molecule has 1 atom stereocenters.